The van der Waals surface area contributed by atoms with Gasteiger partial charge in [0.05, 0.1) is 0 Å². The standard InChI is InChI=1S/C19H20FN3O4S/c1-27-9-2-8-21-16(24)12-22-15-7-10-28-17(15)18(25)23(19(22)26)11-13-3-5-14(20)6-4-13/h3-7,10,17H,2,8-9,11-12H2,1H3/p+1. The molecule has 4 amide bonds. The molecule has 28 heavy (non-hydrogen) atoms. The molecule has 0 saturated heterocycles. The highest BCUT2D eigenvalue weighted by Crippen LogP contribution is 2.28. The van der Waals surface area contributed by atoms with E-state index in [-0.39, 0.29) is 24.9 Å². The Morgan fingerprint density at radius 2 is 2.07 bits per heavy atom. The molecule has 1 N–H and O–H groups in total. The Morgan fingerprint density at radius 3 is 2.79 bits per heavy atom. The summed E-state index contributed by atoms with van der Waals surface area (Å²) in [7, 11) is 1.59. The molecule has 0 radical (unpaired) electrons. The number of allylic oxidation sites excluding steroid dienone is 1. The number of carbonyl (C=O) groups excluding carboxylic acids is 3. The van der Waals surface area contributed by atoms with Crippen molar-refractivity contribution in [3.63, 3.8) is 0 Å². The molecule has 1 unspecified atom stereocenters. The Hall–Kier alpha value is -2.52. The minimum atomic E-state index is -0.556. The first-order valence-electron chi connectivity index (χ1n) is 8.83. The van der Waals surface area contributed by atoms with Crippen LogP contribution in [0.3, 0.4) is 0 Å². The number of ether oxygens (including phenoxy) is 1. The van der Waals surface area contributed by atoms with E-state index in [9.17, 15) is 18.8 Å². The van der Waals surface area contributed by atoms with Crippen LogP contribution in [0.5, 0.6) is 0 Å². The maximum Gasteiger partial charge on any atom is 0.501 e. The highest BCUT2D eigenvalue weighted by Gasteiger charge is 2.49. The molecule has 2 heterocycles. The lowest BCUT2D eigenvalue weighted by Gasteiger charge is -2.24. The summed E-state index contributed by atoms with van der Waals surface area (Å²) < 4.78 is 19.4. The van der Waals surface area contributed by atoms with Gasteiger partial charge in [-0.1, -0.05) is 12.1 Å². The fourth-order valence-corrected chi connectivity index (χ4v) is 3.94. The Bertz CT molecular complexity index is 838. The molecule has 1 aromatic carbocycles. The molecule has 2 aliphatic heterocycles. The van der Waals surface area contributed by atoms with Crippen molar-refractivity contribution in [1.29, 1.82) is 0 Å². The van der Waals surface area contributed by atoms with Crippen LogP contribution in [0.1, 0.15) is 12.0 Å². The molecule has 0 saturated carbocycles. The van der Waals surface area contributed by atoms with Gasteiger partial charge in [-0.2, -0.15) is 14.3 Å². The van der Waals surface area contributed by atoms with E-state index >= 15 is 0 Å². The molecule has 0 spiro atoms. The largest absolute Gasteiger partial charge is 0.501 e. The second-order valence-corrected chi connectivity index (χ2v) is 7.38. The third kappa shape index (κ3) is 4.48. The lowest BCUT2D eigenvalue weighted by molar-refractivity contribution is -0.427. The van der Waals surface area contributed by atoms with Gasteiger partial charge in [-0.05, 0) is 35.6 Å². The quantitative estimate of drug-likeness (QED) is 0.523. The first kappa shape index (κ1) is 20.2. The summed E-state index contributed by atoms with van der Waals surface area (Å²) in [6.07, 6.45) is 2.36. The molecule has 0 bridgehead atoms. The smallest absolute Gasteiger partial charge is 0.385 e. The van der Waals surface area contributed by atoms with Crippen LogP contribution in [0.25, 0.3) is 0 Å². The van der Waals surface area contributed by atoms with Gasteiger partial charge in [-0.15, -0.1) is 11.8 Å². The summed E-state index contributed by atoms with van der Waals surface area (Å²) in [6, 6.07) is 5.07. The van der Waals surface area contributed by atoms with Crippen LogP contribution in [0.4, 0.5) is 9.18 Å². The molecule has 0 aliphatic carbocycles. The number of halogens is 1. The van der Waals surface area contributed by atoms with Crippen molar-refractivity contribution < 1.29 is 28.1 Å². The van der Waals surface area contributed by atoms with Crippen molar-refractivity contribution in [1.82, 2.24) is 10.2 Å². The highest BCUT2D eigenvalue weighted by molar-refractivity contribution is 8.04. The number of benzene rings is 1. The van der Waals surface area contributed by atoms with Crippen LogP contribution in [-0.2, 0) is 20.9 Å². The van der Waals surface area contributed by atoms with Crippen molar-refractivity contribution >= 4 is 35.3 Å². The average molecular weight is 406 g/mol. The second-order valence-electron chi connectivity index (χ2n) is 6.36. The van der Waals surface area contributed by atoms with Crippen LogP contribution in [0.2, 0.25) is 0 Å². The van der Waals surface area contributed by atoms with Crippen molar-refractivity contribution in [2.45, 2.75) is 18.2 Å². The number of thioether (sulfide) groups is 1. The molecular weight excluding hydrogens is 385 g/mol. The van der Waals surface area contributed by atoms with Crippen LogP contribution >= 0.6 is 11.8 Å². The number of carbonyl (C=O) groups is 3. The molecular formula is C19H21FN3O4S+. The van der Waals surface area contributed by atoms with Crippen LogP contribution in [0, 0.1) is 5.82 Å². The minimum Gasteiger partial charge on any atom is -0.385 e. The fourth-order valence-electron chi connectivity index (χ4n) is 2.97. The fraction of sp³-hybridized carbons (Fsp3) is 0.368. The first-order chi connectivity index (χ1) is 13.5. The molecule has 2 aliphatic rings. The van der Waals surface area contributed by atoms with Crippen molar-refractivity contribution in [3.05, 3.63) is 47.1 Å². The van der Waals surface area contributed by atoms with Gasteiger partial charge in [0, 0.05) is 20.3 Å². The lowest BCUT2D eigenvalue weighted by Crippen LogP contribution is -2.56. The van der Waals surface area contributed by atoms with Gasteiger partial charge in [0.15, 0.2) is 11.8 Å². The Labute approximate surface area is 166 Å². The monoisotopic (exact) mass is 406 g/mol. The molecule has 3 rings (SSSR count). The summed E-state index contributed by atoms with van der Waals surface area (Å²) in [5, 5.41) is 3.94. The molecule has 1 aromatic rings. The maximum atomic E-state index is 13.1. The first-order valence-corrected chi connectivity index (χ1v) is 9.77. The van der Waals surface area contributed by atoms with E-state index in [1.54, 1.807) is 18.6 Å². The zero-order valence-electron chi connectivity index (χ0n) is 15.4. The van der Waals surface area contributed by atoms with Crippen molar-refractivity contribution in [3.8, 4) is 0 Å². The van der Waals surface area contributed by atoms with Gasteiger partial charge in [0.25, 0.3) is 5.91 Å². The van der Waals surface area contributed by atoms with E-state index in [2.05, 4.69) is 5.32 Å². The summed E-state index contributed by atoms with van der Waals surface area (Å²) >= 11 is 1.30. The number of amides is 4. The number of nitrogens with zero attached hydrogens (tertiary/aromatic N) is 2. The zero-order chi connectivity index (χ0) is 20.1. The number of hydrogen-bond acceptors (Lipinski definition) is 5. The number of imide groups is 1. The molecule has 0 fully saturated rings. The van der Waals surface area contributed by atoms with E-state index < -0.39 is 17.1 Å². The minimum absolute atomic E-state index is 0.0221. The van der Waals surface area contributed by atoms with Gasteiger partial charge in [-0.3, -0.25) is 4.79 Å². The van der Waals surface area contributed by atoms with Gasteiger partial charge < -0.3 is 10.1 Å². The number of nitrogens with one attached hydrogen (secondary N) is 1. The molecule has 148 valence electrons. The third-order valence-electron chi connectivity index (χ3n) is 4.39. The second kappa shape index (κ2) is 9.11. The molecule has 9 heteroatoms. The number of methoxy groups -OCH3 is 1. The molecule has 0 aromatic heterocycles. The summed E-state index contributed by atoms with van der Waals surface area (Å²) in [5.74, 6) is -1.04. The summed E-state index contributed by atoms with van der Waals surface area (Å²) in [4.78, 5) is 39.1. The maximum absolute atomic E-state index is 13.1. The van der Waals surface area contributed by atoms with Crippen LogP contribution in [-0.4, -0.2) is 65.1 Å². The van der Waals surface area contributed by atoms with Gasteiger partial charge in [0.1, 0.15) is 18.1 Å². The Morgan fingerprint density at radius 1 is 1.32 bits per heavy atom. The predicted octanol–water partition coefficient (Wildman–Crippen LogP) is 1.52. The lowest BCUT2D eigenvalue weighted by atomic mass is 10.1. The number of rotatable bonds is 8. The third-order valence-corrected chi connectivity index (χ3v) is 5.40. The zero-order valence-corrected chi connectivity index (χ0v) is 16.2. The van der Waals surface area contributed by atoms with Crippen molar-refractivity contribution in [2.75, 3.05) is 26.8 Å². The van der Waals surface area contributed by atoms with Gasteiger partial charge >= 0.3 is 11.9 Å². The number of fused-ring (bicyclic) bond motifs is 1. The Kier molecular flexibility index (Phi) is 6.58. The predicted molar refractivity (Wildman–Crippen MR) is 103 cm³/mol. The van der Waals surface area contributed by atoms with Crippen molar-refractivity contribution in [2.24, 2.45) is 0 Å². The summed E-state index contributed by atoms with van der Waals surface area (Å²) in [6.45, 7) is 0.821. The highest BCUT2D eigenvalue weighted by atomic mass is 32.2. The topological polar surface area (TPSA) is 78.7 Å². The SMILES string of the molecule is COCCCNC(=O)C[N+]1=C2C=CSC2C(=O)N(Cc2ccc(F)cc2)C1=O. The number of urea groups is 1. The van der Waals surface area contributed by atoms with E-state index in [1.165, 1.54) is 40.6 Å². The average Bonchev–Trinajstić information content (AvgIpc) is 3.17. The summed E-state index contributed by atoms with van der Waals surface area (Å²) in [5.41, 5.74) is 1.15. The van der Waals surface area contributed by atoms with Crippen LogP contribution in [0.15, 0.2) is 35.7 Å². The Balaban J connectivity index is 1.75. The van der Waals surface area contributed by atoms with E-state index in [1.807, 2.05) is 0 Å². The van der Waals surface area contributed by atoms with E-state index in [0.29, 0.717) is 30.8 Å². The van der Waals surface area contributed by atoms with Crippen LogP contribution < -0.4 is 5.32 Å². The van der Waals surface area contributed by atoms with E-state index in [4.69, 9.17) is 4.74 Å². The normalized spacial score (nSPS) is 18.6. The van der Waals surface area contributed by atoms with Gasteiger partial charge in [0.2, 0.25) is 0 Å². The molecule has 1 atom stereocenters. The van der Waals surface area contributed by atoms with E-state index in [0.717, 1.165) is 4.90 Å². The van der Waals surface area contributed by atoms with Gasteiger partial charge in [-0.25, -0.2) is 9.18 Å². The number of hydrogen-bond donors (Lipinski definition) is 1. The molecule has 7 nitrogen and oxygen atoms in total.